The normalized spacial score (nSPS) is 21.9. The second-order valence-corrected chi connectivity index (χ2v) is 11.7. The van der Waals surface area contributed by atoms with E-state index in [2.05, 4.69) is 31.0 Å². The van der Waals surface area contributed by atoms with Gasteiger partial charge in [0.05, 0.1) is 12.0 Å². The van der Waals surface area contributed by atoms with Crippen molar-refractivity contribution < 1.29 is 22.8 Å². The molecular formula is C30H38F3N3O2. The summed E-state index contributed by atoms with van der Waals surface area (Å²) < 4.78 is 42.5. The third kappa shape index (κ3) is 6.06. The van der Waals surface area contributed by atoms with Crippen molar-refractivity contribution in [1.29, 1.82) is 0 Å². The molecule has 4 rings (SSSR count). The molecule has 2 amide bonds. The molecule has 1 N–H and O–H groups in total. The fourth-order valence-electron chi connectivity index (χ4n) is 6.04. The summed E-state index contributed by atoms with van der Waals surface area (Å²) in [5.41, 5.74) is 1.94. The van der Waals surface area contributed by atoms with Crippen LogP contribution in [-0.2, 0) is 9.59 Å². The number of halogens is 3. The monoisotopic (exact) mass is 529 g/mol. The number of amides is 2. The number of piperidine rings is 1. The Morgan fingerprint density at radius 2 is 1.55 bits per heavy atom. The lowest BCUT2D eigenvalue weighted by Gasteiger charge is -2.36. The van der Waals surface area contributed by atoms with E-state index in [9.17, 15) is 22.8 Å². The van der Waals surface area contributed by atoms with Crippen molar-refractivity contribution >= 4 is 11.8 Å². The van der Waals surface area contributed by atoms with Crippen LogP contribution in [0.4, 0.5) is 13.2 Å². The van der Waals surface area contributed by atoms with Crippen LogP contribution in [0.1, 0.15) is 82.0 Å². The van der Waals surface area contributed by atoms with Gasteiger partial charge in [-0.25, -0.2) is 13.2 Å². The van der Waals surface area contributed by atoms with Gasteiger partial charge in [0.15, 0.2) is 0 Å². The number of benzene rings is 2. The van der Waals surface area contributed by atoms with Gasteiger partial charge in [0.1, 0.15) is 17.5 Å². The lowest BCUT2D eigenvalue weighted by atomic mass is 9.83. The van der Waals surface area contributed by atoms with Crippen molar-refractivity contribution in [3.05, 3.63) is 70.5 Å². The zero-order chi connectivity index (χ0) is 27.8. The van der Waals surface area contributed by atoms with Gasteiger partial charge >= 0.3 is 0 Å². The van der Waals surface area contributed by atoms with Crippen molar-refractivity contribution in [2.24, 2.45) is 5.92 Å². The molecule has 0 spiro atoms. The van der Waals surface area contributed by atoms with E-state index in [0.717, 1.165) is 17.2 Å². The largest absolute Gasteiger partial charge is 0.350 e. The molecular weight excluding hydrogens is 491 g/mol. The molecule has 0 saturated carbocycles. The molecule has 0 aromatic heterocycles. The number of nitrogens with zero attached hydrogens (tertiary/aromatic N) is 2. The van der Waals surface area contributed by atoms with Crippen LogP contribution in [0, 0.1) is 23.4 Å². The molecule has 2 fully saturated rings. The van der Waals surface area contributed by atoms with Crippen molar-refractivity contribution in [2.45, 2.75) is 70.9 Å². The highest BCUT2D eigenvalue weighted by atomic mass is 19.1. The minimum Gasteiger partial charge on any atom is -0.350 e. The number of carbonyl (C=O) groups excluding carboxylic acids is 2. The number of hydrogen-bond donors (Lipinski definition) is 1. The highest BCUT2D eigenvalue weighted by Gasteiger charge is 2.44. The summed E-state index contributed by atoms with van der Waals surface area (Å²) in [7, 11) is 0. The molecule has 8 heteroatoms. The van der Waals surface area contributed by atoms with Crippen LogP contribution in [-0.4, -0.2) is 53.3 Å². The van der Waals surface area contributed by atoms with Gasteiger partial charge in [-0.1, -0.05) is 12.1 Å². The summed E-state index contributed by atoms with van der Waals surface area (Å²) >= 11 is 0. The predicted octanol–water partition coefficient (Wildman–Crippen LogP) is 5.52. The lowest BCUT2D eigenvalue weighted by molar-refractivity contribution is -0.136. The second kappa shape index (κ2) is 11.1. The maximum absolute atomic E-state index is 14.8. The number of hydrogen-bond acceptors (Lipinski definition) is 3. The molecule has 2 heterocycles. The third-order valence-corrected chi connectivity index (χ3v) is 8.13. The summed E-state index contributed by atoms with van der Waals surface area (Å²) in [6.45, 7) is 11.6. The first-order chi connectivity index (χ1) is 17.8. The molecule has 38 heavy (non-hydrogen) atoms. The SMILES string of the molecule is CC(=O)N[C@@H](C)c1cc(F)ccc1C1CCN(C(=O)C2CN(C(C)(C)C)C[C@H]2c2ccc(F)cc2F)CC1. The fraction of sp³-hybridized carbons (Fsp3) is 0.533. The number of nitrogens with one attached hydrogen (secondary N) is 1. The summed E-state index contributed by atoms with van der Waals surface area (Å²) in [5, 5.41) is 2.85. The van der Waals surface area contributed by atoms with E-state index in [-0.39, 0.29) is 41.0 Å². The van der Waals surface area contributed by atoms with Gasteiger partial charge < -0.3 is 10.2 Å². The van der Waals surface area contributed by atoms with Crippen molar-refractivity contribution in [3.63, 3.8) is 0 Å². The molecule has 2 aromatic rings. The van der Waals surface area contributed by atoms with Gasteiger partial charge in [0.25, 0.3) is 0 Å². The maximum Gasteiger partial charge on any atom is 0.227 e. The molecule has 2 aliphatic heterocycles. The van der Waals surface area contributed by atoms with E-state index in [4.69, 9.17) is 0 Å². The zero-order valence-corrected chi connectivity index (χ0v) is 22.9. The Labute approximate surface area is 223 Å². The summed E-state index contributed by atoms with van der Waals surface area (Å²) in [6.07, 6.45) is 1.42. The van der Waals surface area contributed by atoms with Crippen LogP contribution in [0.5, 0.6) is 0 Å². The van der Waals surface area contributed by atoms with Crippen LogP contribution in [0.15, 0.2) is 36.4 Å². The molecule has 0 aliphatic carbocycles. The van der Waals surface area contributed by atoms with Crippen LogP contribution in [0.25, 0.3) is 0 Å². The third-order valence-electron chi connectivity index (χ3n) is 8.13. The van der Waals surface area contributed by atoms with Gasteiger partial charge in [-0.05, 0) is 81.3 Å². The Morgan fingerprint density at radius 3 is 2.13 bits per heavy atom. The van der Waals surface area contributed by atoms with E-state index < -0.39 is 17.6 Å². The maximum atomic E-state index is 14.8. The summed E-state index contributed by atoms with van der Waals surface area (Å²) in [4.78, 5) is 29.5. The average Bonchev–Trinajstić information content (AvgIpc) is 3.29. The molecule has 5 nitrogen and oxygen atoms in total. The lowest BCUT2D eigenvalue weighted by Crippen LogP contribution is -2.44. The van der Waals surface area contributed by atoms with E-state index in [1.807, 2.05) is 11.8 Å². The Kier molecular flexibility index (Phi) is 8.21. The summed E-state index contributed by atoms with van der Waals surface area (Å²) in [6, 6.07) is 8.01. The first kappa shape index (κ1) is 28.1. The number of rotatable bonds is 5. The van der Waals surface area contributed by atoms with E-state index in [1.165, 1.54) is 31.2 Å². The standard InChI is InChI=1S/C30H38F3N3O2/c1-18(34-19(2)37)25-14-21(31)6-8-23(25)20-10-12-35(13-11-20)29(38)27-17-36(30(3,4)5)16-26(27)24-9-7-22(32)15-28(24)33/h6-9,14-15,18,20,26-27H,10-13,16-17H2,1-5H3,(H,34,37)/t18-,26-,27?/m0/s1. The van der Waals surface area contributed by atoms with Gasteiger partial charge in [0, 0.05) is 50.6 Å². The quantitative estimate of drug-likeness (QED) is 0.555. The van der Waals surface area contributed by atoms with Gasteiger partial charge in [-0.2, -0.15) is 0 Å². The van der Waals surface area contributed by atoms with Crippen molar-refractivity contribution in [3.8, 4) is 0 Å². The fourth-order valence-corrected chi connectivity index (χ4v) is 6.04. The van der Waals surface area contributed by atoms with Crippen LogP contribution in [0.3, 0.4) is 0 Å². The van der Waals surface area contributed by atoms with Gasteiger partial charge in [-0.15, -0.1) is 0 Å². The van der Waals surface area contributed by atoms with Crippen LogP contribution >= 0.6 is 0 Å². The van der Waals surface area contributed by atoms with E-state index >= 15 is 0 Å². The second-order valence-electron chi connectivity index (χ2n) is 11.7. The highest BCUT2D eigenvalue weighted by molar-refractivity contribution is 5.81. The zero-order valence-electron chi connectivity index (χ0n) is 22.9. The Balaban J connectivity index is 1.51. The Hall–Kier alpha value is -2.87. The minimum absolute atomic E-state index is 0.00475. The predicted molar refractivity (Wildman–Crippen MR) is 141 cm³/mol. The summed E-state index contributed by atoms with van der Waals surface area (Å²) in [5.74, 6) is -2.43. The first-order valence-electron chi connectivity index (χ1n) is 13.4. The number of carbonyl (C=O) groups is 2. The molecule has 206 valence electrons. The van der Waals surface area contributed by atoms with Gasteiger partial charge in [0.2, 0.25) is 11.8 Å². The van der Waals surface area contributed by atoms with Crippen molar-refractivity contribution in [1.82, 2.24) is 15.1 Å². The first-order valence-corrected chi connectivity index (χ1v) is 13.4. The van der Waals surface area contributed by atoms with Crippen LogP contribution < -0.4 is 5.32 Å². The van der Waals surface area contributed by atoms with E-state index in [0.29, 0.717) is 44.6 Å². The smallest absolute Gasteiger partial charge is 0.227 e. The highest BCUT2D eigenvalue weighted by Crippen LogP contribution is 2.40. The van der Waals surface area contributed by atoms with E-state index in [1.54, 1.807) is 6.07 Å². The molecule has 0 bridgehead atoms. The molecule has 2 aliphatic rings. The van der Waals surface area contributed by atoms with Crippen LogP contribution in [0.2, 0.25) is 0 Å². The molecule has 3 atom stereocenters. The molecule has 2 saturated heterocycles. The minimum atomic E-state index is -0.630. The molecule has 1 unspecified atom stereocenters. The van der Waals surface area contributed by atoms with Gasteiger partial charge in [-0.3, -0.25) is 14.5 Å². The topological polar surface area (TPSA) is 52.7 Å². The van der Waals surface area contributed by atoms with Crippen molar-refractivity contribution in [2.75, 3.05) is 26.2 Å². The molecule has 2 aromatic carbocycles. The Bertz CT molecular complexity index is 1190. The Morgan fingerprint density at radius 1 is 0.947 bits per heavy atom. The average molecular weight is 530 g/mol. The molecule has 0 radical (unpaired) electrons. The number of likely N-dealkylation sites (tertiary alicyclic amines) is 2.